The third-order valence-corrected chi connectivity index (χ3v) is 1.91. The average molecular weight is 194 g/mol. The molecule has 0 radical (unpaired) electrons. The molecule has 3 heteroatoms. The molecule has 1 rings (SSSR count). The van der Waals surface area contributed by atoms with Gasteiger partial charge in [-0.2, -0.15) is 0 Å². The number of ether oxygens (including phenoxy) is 2. The first-order chi connectivity index (χ1) is 6.69. The fourth-order valence-corrected chi connectivity index (χ4v) is 1.22. The van der Waals surface area contributed by atoms with E-state index in [9.17, 15) is 4.79 Å². The van der Waals surface area contributed by atoms with Crippen LogP contribution in [-0.2, 0) is 4.74 Å². The maximum absolute atomic E-state index is 11.3. The number of hydrogen-bond donors (Lipinski definition) is 0. The number of esters is 1. The van der Waals surface area contributed by atoms with Gasteiger partial charge in [0.25, 0.3) is 0 Å². The molecule has 0 aliphatic rings. The number of hydrogen-bond acceptors (Lipinski definition) is 3. The predicted octanol–water partition coefficient (Wildman–Crippen LogP) is 2.18. The van der Waals surface area contributed by atoms with Crippen LogP contribution in [0.25, 0.3) is 0 Å². The van der Waals surface area contributed by atoms with Gasteiger partial charge < -0.3 is 9.47 Å². The SMILES string of the molecule is CCOC(=O)c1ccc(OC)c(C)c1. The molecule has 0 unspecified atom stereocenters. The number of methoxy groups -OCH3 is 1. The Balaban J connectivity index is 2.91. The van der Waals surface area contributed by atoms with Gasteiger partial charge in [-0.3, -0.25) is 0 Å². The molecule has 0 saturated carbocycles. The summed E-state index contributed by atoms with van der Waals surface area (Å²) in [6.07, 6.45) is 0. The Morgan fingerprint density at radius 3 is 2.64 bits per heavy atom. The molecule has 14 heavy (non-hydrogen) atoms. The Morgan fingerprint density at radius 1 is 1.43 bits per heavy atom. The quantitative estimate of drug-likeness (QED) is 0.692. The molecule has 1 aromatic carbocycles. The Labute approximate surface area is 83.6 Å². The van der Waals surface area contributed by atoms with Crippen molar-refractivity contribution in [2.75, 3.05) is 13.7 Å². The van der Waals surface area contributed by atoms with Gasteiger partial charge in [0.1, 0.15) is 5.75 Å². The van der Waals surface area contributed by atoms with E-state index in [2.05, 4.69) is 0 Å². The lowest BCUT2D eigenvalue weighted by Crippen LogP contribution is -2.04. The van der Waals surface area contributed by atoms with Gasteiger partial charge in [0.2, 0.25) is 0 Å². The van der Waals surface area contributed by atoms with Crippen LogP contribution in [0.3, 0.4) is 0 Å². The van der Waals surface area contributed by atoms with Gasteiger partial charge in [-0.05, 0) is 37.6 Å². The largest absolute Gasteiger partial charge is 0.496 e. The maximum atomic E-state index is 11.3. The molecule has 0 aliphatic heterocycles. The van der Waals surface area contributed by atoms with Crippen molar-refractivity contribution in [3.05, 3.63) is 29.3 Å². The fourth-order valence-electron chi connectivity index (χ4n) is 1.22. The molecule has 0 amide bonds. The summed E-state index contributed by atoms with van der Waals surface area (Å²) >= 11 is 0. The first-order valence-corrected chi connectivity index (χ1v) is 4.50. The summed E-state index contributed by atoms with van der Waals surface area (Å²) < 4.78 is 9.96. The molecule has 0 atom stereocenters. The summed E-state index contributed by atoms with van der Waals surface area (Å²) in [6, 6.07) is 5.22. The van der Waals surface area contributed by atoms with Crippen LogP contribution in [0.1, 0.15) is 22.8 Å². The minimum Gasteiger partial charge on any atom is -0.496 e. The first-order valence-electron chi connectivity index (χ1n) is 4.50. The second-order valence-corrected chi connectivity index (χ2v) is 2.90. The number of carbonyl (C=O) groups is 1. The van der Waals surface area contributed by atoms with Crippen molar-refractivity contribution in [2.24, 2.45) is 0 Å². The zero-order chi connectivity index (χ0) is 10.6. The van der Waals surface area contributed by atoms with Gasteiger partial charge in [0.15, 0.2) is 0 Å². The Bertz CT molecular complexity index is 331. The van der Waals surface area contributed by atoms with Crippen LogP contribution in [0.15, 0.2) is 18.2 Å². The molecule has 76 valence electrons. The van der Waals surface area contributed by atoms with Crippen molar-refractivity contribution < 1.29 is 14.3 Å². The minimum atomic E-state index is -0.293. The van der Waals surface area contributed by atoms with Crippen LogP contribution in [0.5, 0.6) is 5.75 Å². The van der Waals surface area contributed by atoms with Gasteiger partial charge in [0, 0.05) is 0 Å². The van der Waals surface area contributed by atoms with Crippen molar-refractivity contribution in [1.82, 2.24) is 0 Å². The van der Waals surface area contributed by atoms with Crippen LogP contribution >= 0.6 is 0 Å². The molecule has 0 spiro atoms. The zero-order valence-electron chi connectivity index (χ0n) is 8.66. The molecule has 0 aliphatic carbocycles. The van der Waals surface area contributed by atoms with Gasteiger partial charge in [-0.15, -0.1) is 0 Å². The van der Waals surface area contributed by atoms with Crippen LogP contribution in [-0.4, -0.2) is 19.7 Å². The Morgan fingerprint density at radius 2 is 2.14 bits per heavy atom. The van der Waals surface area contributed by atoms with Crippen LogP contribution in [0.2, 0.25) is 0 Å². The summed E-state index contributed by atoms with van der Waals surface area (Å²) in [4.78, 5) is 11.3. The summed E-state index contributed by atoms with van der Waals surface area (Å²) in [6.45, 7) is 4.07. The van der Waals surface area contributed by atoms with Crippen molar-refractivity contribution in [1.29, 1.82) is 0 Å². The Kier molecular flexibility index (Phi) is 3.51. The summed E-state index contributed by atoms with van der Waals surface area (Å²) in [7, 11) is 1.60. The fraction of sp³-hybridized carbons (Fsp3) is 0.364. The summed E-state index contributed by atoms with van der Waals surface area (Å²) in [5, 5.41) is 0. The third-order valence-electron chi connectivity index (χ3n) is 1.91. The monoisotopic (exact) mass is 194 g/mol. The highest BCUT2D eigenvalue weighted by Crippen LogP contribution is 2.18. The lowest BCUT2D eigenvalue weighted by molar-refractivity contribution is 0.0526. The van der Waals surface area contributed by atoms with Gasteiger partial charge in [0.05, 0.1) is 19.3 Å². The number of rotatable bonds is 3. The number of benzene rings is 1. The highest BCUT2D eigenvalue weighted by atomic mass is 16.5. The van der Waals surface area contributed by atoms with Gasteiger partial charge in [-0.1, -0.05) is 0 Å². The first kappa shape index (κ1) is 10.6. The predicted molar refractivity (Wildman–Crippen MR) is 53.7 cm³/mol. The van der Waals surface area contributed by atoms with E-state index in [1.165, 1.54) is 0 Å². The molecule has 3 nitrogen and oxygen atoms in total. The Hall–Kier alpha value is -1.51. The standard InChI is InChI=1S/C11H14O3/c1-4-14-11(12)9-5-6-10(13-3)8(2)7-9/h5-7H,4H2,1-3H3. The van der Waals surface area contributed by atoms with Crippen molar-refractivity contribution in [2.45, 2.75) is 13.8 Å². The minimum absolute atomic E-state index is 0.293. The third kappa shape index (κ3) is 2.25. The van der Waals surface area contributed by atoms with E-state index in [0.717, 1.165) is 11.3 Å². The maximum Gasteiger partial charge on any atom is 0.338 e. The molecule has 0 bridgehead atoms. The second kappa shape index (κ2) is 4.65. The molecular formula is C11H14O3. The van der Waals surface area contributed by atoms with E-state index in [4.69, 9.17) is 9.47 Å². The molecular weight excluding hydrogens is 180 g/mol. The second-order valence-electron chi connectivity index (χ2n) is 2.90. The van der Waals surface area contributed by atoms with Gasteiger partial charge in [-0.25, -0.2) is 4.79 Å². The molecule has 1 aromatic rings. The normalized spacial score (nSPS) is 9.64. The van der Waals surface area contributed by atoms with E-state index in [1.807, 2.05) is 6.92 Å². The molecule has 0 N–H and O–H groups in total. The van der Waals surface area contributed by atoms with E-state index in [1.54, 1.807) is 32.2 Å². The van der Waals surface area contributed by atoms with Crippen molar-refractivity contribution >= 4 is 5.97 Å². The molecule has 0 aromatic heterocycles. The van der Waals surface area contributed by atoms with Crippen molar-refractivity contribution in [3.63, 3.8) is 0 Å². The van der Waals surface area contributed by atoms with E-state index < -0.39 is 0 Å². The van der Waals surface area contributed by atoms with E-state index in [-0.39, 0.29) is 5.97 Å². The average Bonchev–Trinajstić information content (AvgIpc) is 2.18. The zero-order valence-corrected chi connectivity index (χ0v) is 8.66. The van der Waals surface area contributed by atoms with Crippen LogP contribution in [0, 0.1) is 6.92 Å². The van der Waals surface area contributed by atoms with Crippen LogP contribution < -0.4 is 4.74 Å². The lowest BCUT2D eigenvalue weighted by Gasteiger charge is -2.06. The van der Waals surface area contributed by atoms with E-state index >= 15 is 0 Å². The smallest absolute Gasteiger partial charge is 0.338 e. The topological polar surface area (TPSA) is 35.5 Å². The molecule has 0 saturated heterocycles. The number of carbonyl (C=O) groups excluding carboxylic acids is 1. The summed E-state index contributed by atoms with van der Waals surface area (Å²) in [5.41, 5.74) is 1.49. The lowest BCUT2D eigenvalue weighted by atomic mass is 10.1. The summed E-state index contributed by atoms with van der Waals surface area (Å²) in [5.74, 6) is 0.483. The number of aryl methyl sites for hydroxylation is 1. The highest BCUT2D eigenvalue weighted by molar-refractivity contribution is 5.89. The molecule has 0 heterocycles. The van der Waals surface area contributed by atoms with Crippen molar-refractivity contribution in [3.8, 4) is 5.75 Å². The molecule has 0 fully saturated rings. The van der Waals surface area contributed by atoms with Gasteiger partial charge >= 0.3 is 5.97 Å². The highest BCUT2D eigenvalue weighted by Gasteiger charge is 2.07. The van der Waals surface area contributed by atoms with Crippen LogP contribution in [0.4, 0.5) is 0 Å². The van der Waals surface area contributed by atoms with E-state index in [0.29, 0.717) is 12.2 Å².